The van der Waals surface area contributed by atoms with Crippen LogP contribution in [0.3, 0.4) is 0 Å². The first-order valence-corrected chi connectivity index (χ1v) is 54.4. The molecule has 20 aromatic carbocycles. The summed E-state index contributed by atoms with van der Waals surface area (Å²) in [5, 5.41) is 0. The average molecular weight is 1960 g/mol. The number of hydrogen-bond donors (Lipinski definition) is 0. The molecule has 3 atom stereocenters. The first kappa shape index (κ1) is 101. The number of rotatable bonds is 25. The van der Waals surface area contributed by atoms with Crippen molar-refractivity contribution in [1.82, 2.24) is 0 Å². The Kier molecular flexibility index (Phi) is 35.4. The molecule has 0 spiro atoms. The van der Waals surface area contributed by atoms with Gasteiger partial charge in [-0.3, -0.25) is 0 Å². The molecule has 0 N–H and O–H groups in total. The van der Waals surface area contributed by atoms with Gasteiger partial charge in [-0.05, 0) is 377 Å². The van der Waals surface area contributed by atoms with Crippen molar-refractivity contribution in [3.05, 3.63) is 571 Å². The maximum absolute atomic E-state index is 6.11. The molecule has 20 rings (SSSR count). The van der Waals surface area contributed by atoms with Gasteiger partial charge in [-0.25, -0.2) is 0 Å². The fraction of sp³-hybridized carbons (Fsp3) is 0.0977. The Balaban J connectivity index is 0.000000128. The van der Waals surface area contributed by atoms with E-state index in [9.17, 15) is 0 Å². The van der Waals surface area contributed by atoms with Crippen LogP contribution in [0.4, 0.5) is 0 Å². The SMILES string of the molecule is Cc1ccc(Oc2ccc([S+](c3ccc(C)cc3)c3ccc(C)cc3)cc2)cc1.Cc1ccc(Oc2ccc([S+](c3ccccc3)c3ccc(C)cc3)cc2)cc1.Cc1ccc([S+](c2ccc(C)cc2)c2ccc(Oc3ccccc3)cc2)cc1.Cc1ccc([S+](c2ccccc2)c2ccc(Oc3ccc(C(C)(C)C)cc3)cc2)cc1.Cc1ccc([S+](c2ccccc2)c2ccc(Oc3ccccc3)cc2)cc1. The van der Waals surface area contributed by atoms with Gasteiger partial charge in [-0.15, -0.1) is 0 Å². The quantitative estimate of drug-likeness (QED) is 0.0534. The lowest BCUT2D eigenvalue weighted by Gasteiger charge is -2.19. The van der Waals surface area contributed by atoms with Crippen molar-refractivity contribution in [3.8, 4) is 57.5 Å². The lowest BCUT2D eigenvalue weighted by Crippen LogP contribution is -2.10. The molecule has 3 unspecified atom stereocenters. The number of benzene rings is 20. The Bertz CT molecular complexity index is 7170. The Morgan fingerprint density at radius 3 is 0.371 bits per heavy atom. The van der Waals surface area contributed by atoms with Gasteiger partial charge in [0.25, 0.3) is 0 Å². The molecule has 0 aliphatic heterocycles. The van der Waals surface area contributed by atoms with Gasteiger partial charge in [0.05, 0.1) is 54.5 Å². The highest BCUT2D eigenvalue weighted by molar-refractivity contribution is 7.98. The minimum atomic E-state index is -0.146. The van der Waals surface area contributed by atoms with Gasteiger partial charge in [-0.1, -0.05) is 283 Å². The Labute approximate surface area is 861 Å². The van der Waals surface area contributed by atoms with E-state index in [4.69, 9.17) is 23.7 Å². The van der Waals surface area contributed by atoms with E-state index < -0.39 is 0 Å². The lowest BCUT2D eigenvalue weighted by molar-refractivity contribution is 0.481. The van der Waals surface area contributed by atoms with Crippen LogP contribution in [0.5, 0.6) is 57.5 Å². The number of ether oxygens (including phenoxy) is 5. The molecule has 0 aliphatic carbocycles. The van der Waals surface area contributed by atoms with Crippen molar-refractivity contribution in [2.24, 2.45) is 0 Å². The minimum Gasteiger partial charge on any atom is -0.457 e. The largest absolute Gasteiger partial charge is 0.457 e. The number of hydrogen-bond acceptors (Lipinski definition) is 5. The predicted octanol–water partition coefficient (Wildman–Crippen LogP) is 36.9. The molecule has 0 saturated carbocycles. The summed E-state index contributed by atoms with van der Waals surface area (Å²) in [5.41, 5.74) is 12.9. The molecular weight excluding hydrogens is 1840 g/mol. The zero-order chi connectivity index (χ0) is 99.2. The second-order valence-corrected chi connectivity index (χ2v) is 46.2. The zero-order valence-corrected chi connectivity index (χ0v) is 87.2. The van der Waals surface area contributed by atoms with Crippen molar-refractivity contribution < 1.29 is 23.7 Å². The van der Waals surface area contributed by atoms with E-state index in [0.717, 1.165) is 57.5 Å². The summed E-state index contributed by atoms with van der Waals surface area (Å²) in [5.74, 6) is 8.56. The smallest absolute Gasteiger partial charge is 0.166 e. The molecule has 0 radical (unpaired) electrons. The highest BCUT2D eigenvalue weighted by Gasteiger charge is 2.34. The summed E-state index contributed by atoms with van der Waals surface area (Å²) in [6, 6.07) is 181. The molecular formula is C133H121O5S5+5. The summed E-state index contributed by atoms with van der Waals surface area (Å²) in [4.78, 5) is 19.6. The lowest BCUT2D eigenvalue weighted by atomic mass is 9.87. The van der Waals surface area contributed by atoms with E-state index in [0.29, 0.717) is 0 Å². The van der Waals surface area contributed by atoms with Gasteiger partial charge < -0.3 is 23.7 Å². The third-order valence-corrected chi connectivity index (χ3v) is 34.6. The first-order chi connectivity index (χ1) is 69.6. The average Bonchev–Trinajstić information content (AvgIpc) is 0.799. The van der Waals surface area contributed by atoms with Gasteiger partial charge in [0.1, 0.15) is 57.5 Å². The van der Waals surface area contributed by atoms with E-state index >= 15 is 0 Å². The van der Waals surface area contributed by atoms with Crippen LogP contribution in [0.25, 0.3) is 0 Å². The molecule has 143 heavy (non-hydrogen) atoms. The number of aryl methyl sites for hydroxylation is 9. The highest BCUT2D eigenvalue weighted by Crippen LogP contribution is 2.41. The zero-order valence-electron chi connectivity index (χ0n) is 83.2. The van der Waals surface area contributed by atoms with Crippen molar-refractivity contribution in [2.45, 2.75) is 162 Å². The predicted molar refractivity (Wildman–Crippen MR) is 601 cm³/mol. The van der Waals surface area contributed by atoms with Crippen LogP contribution >= 0.6 is 0 Å². The van der Waals surface area contributed by atoms with E-state index in [1.165, 1.54) is 129 Å². The summed E-state index contributed by atoms with van der Waals surface area (Å²) >= 11 is 0. The Morgan fingerprint density at radius 2 is 0.224 bits per heavy atom. The van der Waals surface area contributed by atoms with Crippen molar-refractivity contribution >= 4 is 54.5 Å². The molecule has 0 heterocycles. The van der Waals surface area contributed by atoms with Crippen molar-refractivity contribution in [3.63, 3.8) is 0 Å². The second kappa shape index (κ2) is 50.0. The van der Waals surface area contributed by atoms with Crippen LogP contribution in [-0.4, -0.2) is 0 Å². The molecule has 0 fully saturated rings. The third-order valence-electron chi connectivity index (χ3n) is 23.5. The maximum atomic E-state index is 6.11. The van der Waals surface area contributed by atoms with Crippen LogP contribution < -0.4 is 23.7 Å². The van der Waals surface area contributed by atoms with Gasteiger partial charge in [-0.2, -0.15) is 0 Å². The normalized spacial score (nSPS) is 11.5. The van der Waals surface area contributed by atoms with Crippen LogP contribution in [0.1, 0.15) is 76.4 Å². The summed E-state index contributed by atoms with van der Waals surface area (Å²) < 4.78 is 30.0. The molecule has 0 amide bonds. The van der Waals surface area contributed by atoms with E-state index in [-0.39, 0.29) is 59.9 Å². The van der Waals surface area contributed by atoms with Gasteiger partial charge in [0, 0.05) is 0 Å². The molecule has 0 saturated heterocycles. The molecule has 0 aromatic heterocycles. The third kappa shape index (κ3) is 29.2. The highest BCUT2D eigenvalue weighted by atomic mass is 32.2. The Morgan fingerprint density at radius 1 is 0.119 bits per heavy atom. The monoisotopic (exact) mass is 1960 g/mol. The van der Waals surface area contributed by atoms with E-state index in [2.05, 4.69) is 514 Å². The summed E-state index contributed by atoms with van der Waals surface area (Å²) in [7, 11) is -0.702. The van der Waals surface area contributed by atoms with Crippen LogP contribution in [0.15, 0.2) is 589 Å². The summed E-state index contributed by atoms with van der Waals surface area (Å²) in [6.07, 6.45) is 0. The molecule has 10 heteroatoms. The van der Waals surface area contributed by atoms with Crippen molar-refractivity contribution in [2.75, 3.05) is 0 Å². The number of para-hydroxylation sites is 2. The summed E-state index contributed by atoms with van der Waals surface area (Å²) in [6.45, 7) is 25.7. The second-order valence-electron chi connectivity index (χ2n) is 36.1. The van der Waals surface area contributed by atoms with Gasteiger partial charge >= 0.3 is 0 Å². The Hall–Kier alpha value is -14.9. The van der Waals surface area contributed by atoms with Crippen LogP contribution in [0, 0.1) is 62.3 Å². The molecule has 0 aliphatic rings. The molecule has 20 aromatic rings. The minimum absolute atomic E-state index is 0.133. The van der Waals surface area contributed by atoms with E-state index in [1.54, 1.807) is 0 Å². The maximum Gasteiger partial charge on any atom is 0.166 e. The molecule has 0 bridgehead atoms. The van der Waals surface area contributed by atoms with Crippen molar-refractivity contribution in [1.29, 1.82) is 0 Å². The standard InChI is InChI=1S/C29H29OS.C27H25OS.2C26H23OS.C25H21OS/c1-22-10-18-27(19-11-22)31(26-8-6-5-7-9-26)28-20-16-25(17-21-28)30-24-14-12-23(13-15-24)29(2,3)4;1-20-4-10-23(11-5-20)28-24-12-18-27(19-13-24)29(25-14-6-21(2)7-15-25)26-16-8-22(3)9-17-26;1-20-8-14-24(15-9-20)28(25-16-10-21(2)11-17-25)26-18-12-23(13-19-26)27-22-6-4-3-5-7-22;1-20-8-12-22(13-9-20)27-23-14-18-26(19-15-23)28(24-6-4-3-5-7-24)25-16-10-21(2)11-17-25;1-20-12-16-24(17-13-20)27(23-10-6-3-7-11-23)25-18-14-22(15-19-25)26-21-8-4-2-5-9-21/h5-21H,1-4H3;4-19H,1-3H3;2*3-19H,1-2H3;2-19H,1H3/q5*+1. The first-order valence-electron chi connectivity index (χ1n) is 48.2. The topological polar surface area (TPSA) is 46.2 Å². The molecule has 5 nitrogen and oxygen atoms in total. The van der Waals surface area contributed by atoms with Gasteiger partial charge in [0.15, 0.2) is 73.4 Å². The van der Waals surface area contributed by atoms with Gasteiger partial charge in [0.2, 0.25) is 0 Å². The fourth-order valence-corrected chi connectivity index (χ4v) is 25.8. The van der Waals surface area contributed by atoms with Crippen LogP contribution in [0.2, 0.25) is 0 Å². The molecule has 708 valence electrons. The van der Waals surface area contributed by atoms with E-state index in [1.807, 2.05) is 84.9 Å². The van der Waals surface area contributed by atoms with Crippen LogP contribution in [-0.2, 0) is 59.9 Å². The fourth-order valence-electron chi connectivity index (χ4n) is 15.5.